The smallest absolute Gasteiger partial charge is 0.224 e. The highest BCUT2D eigenvalue weighted by Crippen LogP contribution is 2.22. The summed E-state index contributed by atoms with van der Waals surface area (Å²) < 4.78 is 0. The average Bonchev–Trinajstić information content (AvgIpc) is 2.44. The number of aryl methyl sites for hydroxylation is 2. The van der Waals surface area contributed by atoms with Crippen molar-refractivity contribution in [2.24, 2.45) is 0 Å². The quantitative estimate of drug-likeness (QED) is 0.727. The molecule has 0 heterocycles. The van der Waals surface area contributed by atoms with E-state index < -0.39 is 6.04 Å². The summed E-state index contributed by atoms with van der Waals surface area (Å²) in [6.45, 7) is -0.487. The molecule has 104 valence electrons. The fourth-order valence-corrected chi connectivity index (χ4v) is 2.51. The molecule has 0 saturated heterocycles. The van der Waals surface area contributed by atoms with Gasteiger partial charge in [-0.1, -0.05) is 18.2 Å². The fraction of sp³-hybridized carbons (Fsp3) is 0.533. The topological polar surface area (TPSA) is 69.6 Å². The fourth-order valence-electron chi connectivity index (χ4n) is 2.51. The molecule has 19 heavy (non-hydrogen) atoms. The van der Waals surface area contributed by atoms with Crippen LogP contribution in [0.15, 0.2) is 18.2 Å². The molecule has 0 fully saturated rings. The summed E-state index contributed by atoms with van der Waals surface area (Å²) in [4.78, 5) is 11.8. The molecule has 1 aliphatic rings. The SMILES string of the molecule is O=C(Cc1ccc2c(c1)CCCC2)NC(CO)CO. The Balaban J connectivity index is 1.97. The van der Waals surface area contributed by atoms with Gasteiger partial charge in [-0.2, -0.15) is 0 Å². The lowest BCUT2D eigenvalue weighted by atomic mass is 9.90. The molecule has 0 aromatic heterocycles. The Kier molecular flexibility index (Phi) is 4.93. The van der Waals surface area contributed by atoms with E-state index >= 15 is 0 Å². The van der Waals surface area contributed by atoms with Crippen LogP contribution >= 0.6 is 0 Å². The lowest BCUT2D eigenvalue weighted by Crippen LogP contribution is -2.40. The largest absolute Gasteiger partial charge is 0.394 e. The number of hydrogen-bond donors (Lipinski definition) is 3. The first-order chi connectivity index (χ1) is 9.22. The third kappa shape index (κ3) is 3.78. The molecule has 0 bridgehead atoms. The number of fused-ring (bicyclic) bond motifs is 1. The van der Waals surface area contributed by atoms with Crippen molar-refractivity contribution in [3.05, 3.63) is 34.9 Å². The Labute approximate surface area is 113 Å². The van der Waals surface area contributed by atoms with Crippen molar-refractivity contribution in [1.82, 2.24) is 5.32 Å². The minimum absolute atomic E-state index is 0.163. The minimum Gasteiger partial charge on any atom is -0.394 e. The third-order valence-electron chi connectivity index (χ3n) is 3.58. The number of aliphatic hydroxyl groups excluding tert-OH is 2. The summed E-state index contributed by atoms with van der Waals surface area (Å²) in [5, 5.41) is 20.5. The van der Waals surface area contributed by atoms with Gasteiger partial charge in [0.05, 0.1) is 25.7 Å². The number of amides is 1. The van der Waals surface area contributed by atoms with Crippen molar-refractivity contribution < 1.29 is 15.0 Å². The Hall–Kier alpha value is -1.39. The van der Waals surface area contributed by atoms with Crippen molar-refractivity contribution >= 4 is 5.91 Å². The van der Waals surface area contributed by atoms with E-state index in [2.05, 4.69) is 17.4 Å². The van der Waals surface area contributed by atoms with Gasteiger partial charge in [0.15, 0.2) is 0 Å². The summed E-state index contributed by atoms with van der Waals surface area (Å²) in [5.74, 6) is -0.163. The molecule has 0 radical (unpaired) electrons. The lowest BCUT2D eigenvalue weighted by Gasteiger charge is -2.17. The number of carbonyl (C=O) groups is 1. The van der Waals surface area contributed by atoms with Gasteiger partial charge in [-0.05, 0) is 42.4 Å². The van der Waals surface area contributed by atoms with Crippen LogP contribution in [0.3, 0.4) is 0 Å². The first-order valence-electron chi connectivity index (χ1n) is 6.84. The van der Waals surface area contributed by atoms with Crippen LogP contribution in [0, 0.1) is 0 Å². The molecule has 0 aliphatic heterocycles. The standard InChI is InChI=1S/C15H21NO3/c17-9-14(10-18)16-15(19)8-11-5-6-12-3-1-2-4-13(12)7-11/h5-7,14,17-18H,1-4,8-10H2,(H,16,19). The zero-order valence-corrected chi connectivity index (χ0v) is 11.1. The van der Waals surface area contributed by atoms with Crippen LogP contribution in [-0.2, 0) is 24.1 Å². The number of benzene rings is 1. The number of rotatable bonds is 5. The van der Waals surface area contributed by atoms with Crippen LogP contribution in [0.5, 0.6) is 0 Å². The van der Waals surface area contributed by atoms with Gasteiger partial charge < -0.3 is 15.5 Å². The van der Waals surface area contributed by atoms with E-state index in [1.165, 1.54) is 24.0 Å². The zero-order chi connectivity index (χ0) is 13.7. The number of carbonyl (C=O) groups excluding carboxylic acids is 1. The second-order valence-electron chi connectivity index (χ2n) is 5.12. The maximum Gasteiger partial charge on any atom is 0.224 e. The molecular weight excluding hydrogens is 242 g/mol. The number of aliphatic hydroxyl groups is 2. The van der Waals surface area contributed by atoms with E-state index in [4.69, 9.17) is 10.2 Å². The minimum atomic E-state index is -0.565. The molecular formula is C15H21NO3. The first-order valence-corrected chi connectivity index (χ1v) is 6.84. The third-order valence-corrected chi connectivity index (χ3v) is 3.58. The van der Waals surface area contributed by atoms with Crippen molar-refractivity contribution in [2.75, 3.05) is 13.2 Å². The van der Waals surface area contributed by atoms with Gasteiger partial charge in [0.2, 0.25) is 5.91 Å². The Morgan fingerprint density at radius 2 is 1.84 bits per heavy atom. The van der Waals surface area contributed by atoms with Crippen LogP contribution in [0.4, 0.5) is 0 Å². The highest BCUT2D eigenvalue weighted by molar-refractivity contribution is 5.79. The highest BCUT2D eigenvalue weighted by atomic mass is 16.3. The Morgan fingerprint density at radius 1 is 1.16 bits per heavy atom. The lowest BCUT2D eigenvalue weighted by molar-refractivity contribution is -0.121. The van der Waals surface area contributed by atoms with Crippen molar-refractivity contribution in [3.63, 3.8) is 0 Å². The van der Waals surface area contributed by atoms with Gasteiger partial charge in [0.25, 0.3) is 0 Å². The molecule has 0 atom stereocenters. The molecule has 1 aromatic carbocycles. The Bertz CT molecular complexity index is 441. The van der Waals surface area contributed by atoms with E-state index in [0.717, 1.165) is 18.4 Å². The van der Waals surface area contributed by atoms with Crippen LogP contribution in [0.2, 0.25) is 0 Å². The van der Waals surface area contributed by atoms with Crippen molar-refractivity contribution in [3.8, 4) is 0 Å². The molecule has 0 unspecified atom stereocenters. The molecule has 4 heteroatoms. The molecule has 0 saturated carbocycles. The molecule has 4 nitrogen and oxygen atoms in total. The van der Waals surface area contributed by atoms with Gasteiger partial charge in [-0.25, -0.2) is 0 Å². The predicted molar refractivity (Wildman–Crippen MR) is 72.9 cm³/mol. The molecule has 3 N–H and O–H groups in total. The molecule has 2 rings (SSSR count). The summed E-state index contributed by atoms with van der Waals surface area (Å²) >= 11 is 0. The van der Waals surface area contributed by atoms with Gasteiger partial charge in [0, 0.05) is 0 Å². The van der Waals surface area contributed by atoms with E-state index in [1.54, 1.807) is 0 Å². The van der Waals surface area contributed by atoms with E-state index in [-0.39, 0.29) is 19.1 Å². The second-order valence-corrected chi connectivity index (χ2v) is 5.12. The molecule has 0 spiro atoms. The van der Waals surface area contributed by atoms with E-state index in [0.29, 0.717) is 6.42 Å². The first kappa shape index (κ1) is 14.0. The summed E-state index contributed by atoms with van der Waals surface area (Å²) in [5.41, 5.74) is 3.75. The van der Waals surface area contributed by atoms with Crippen LogP contribution in [-0.4, -0.2) is 35.4 Å². The van der Waals surface area contributed by atoms with Crippen LogP contribution < -0.4 is 5.32 Å². The number of hydrogen-bond acceptors (Lipinski definition) is 3. The predicted octanol–water partition coefficient (Wildman–Crippen LogP) is 0.577. The molecule has 1 amide bonds. The van der Waals surface area contributed by atoms with Gasteiger partial charge in [-0.3, -0.25) is 4.79 Å². The van der Waals surface area contributed by atoms with Gasteiger partial charge in [-0.15, -0.1) is 0 Å². The number of nitrogens with one attached hydrogen (secondary N) is 1. The maximum absolute atomic E-state index is 11.8. The normalized spacial score (nSPS) is 14.3. The summed E-state index contributed by atoms with van der Waals surface area (Å²) in [7, 11) is 0. The van der Waals surface area contributed by atoms with Crippen molar-refractivity contribution in [2.45, 2.75) is 38.1 Å². The molecule has 1 aliphatic carbocycles. The maximum atomic E-state index is 11.8. The average molecular weight is 263 g/mol. The van der Waals surface area contributed by atoms with E-state index in [1.807, 2.05) is 6.07 Å². The Morgan fingerprint density at radius 3 is 2.53 bits per heavy atom. The molecule has 1 aromatic rings. The van der Waals surface area contributed by atoms with Gasteiger partial charge >= 0.3 is 0 Å². The monoisotopic (exact) mass is 263 g/mol. The summed E-state index contributed by atoms with van der Waals surface area (Å²) in [6.07, 6.45) is 5.00. The van der Waals surface area contributed by atoms with Crippen molar-refractivity contribution in [1.29, 1.82) is 0 Å². The summed E-state index contributed by atoms with van der Waals surface area (Å²) in [6, 6.07) is 5.66. The second kappa shape index (κ2) is 6.68. The van der Waals surface area contributed by atoms with Crippen LogP contribution in [0.25, 0.3) is 0 Å². The zero-order valence-electron chi connectivity index (χ0n) is 11.1. The van der Waals surface area contributed by atoms with Crippen LogP contribution in [0.1, 0.15) is 29.5 Å². The van der Waals surface area contributed by atoms with E-state index in [9.17, 15) is 4.79 Å². The van der Waals surface area contributed by atoms with Gasteiger partial charge in [0.1, 0.15) is 0 Å². The highest BCUT2D eigenvalue weighted by Gasteiger charge is 2.13.